The van der Waals surface area contributed by atoms with Gasteiger partial charge in [0.2, 0.25) is 5.91 Å². The van der Waals surface area contributed by atoms with Gasteiger partial charge in [0, 0.05) is 0 Å². The van der Waals surface area contributed by atoms with Gasteiger partial charge in [-0.05, 0) is 31.2 Å². The third-order valence-corrected chi connectivity index (χ3v) is 2.90. The molecule has 1 fully saturated rings. The van der Waals surface area contributed by atoms with Crippen molar-refractivity contribution in [1.82, 2.24) is 5.32 Å². The van der Waals surface area contributed by atoms with Gasteiger partial charge in [-0.2, -0.15) is 0 Å². The number of nitrogens with one attached hydrogen (secondary N) is 1. The molecule has 1 aromatic carbocycles. The number of methoxy groups -OCH3 is 1. The second kappa shape index (κ2) is 5.12. The predicted octanol–water partition coefficient (Wildman–Crippen LogP) is 0.483. The standard InChI is InChI=1S/C13H12N2O5/c1-7(16)10-11(17)14-13(19)15(12(10)18)8-3-5-9(20-2)6-4-8/h3-6,10H,1-2H3,(H,14,17,19). The molecule has 104 valence electrons. The highest BCUT2D eigenvalue weighted by Gasteiger charge is 2.43. The Morgan fingerprint density at radius 3 is 2.30 bits per heavy atom. The first kappa shape index (κ1) is 13.7. The molecule has 0 bridgehead atoms. The number of carbonyl (C=O) groups is 4. The van der Waals surface area contributed by atoms with Crippen LogP contribution in [0.1, 0.15) is 6.92 Å². The highest BCUT2D eigenvalue weighted by atomic mass is 16.5. The number of carbonyl (C=O) groups excluding carboxylic acids is 4. The number of amides is 4. The maximum atomic E-state index is 12.1. The van der Waals surface area contributed by atoms with Crippen molar-refractivity contribution < 1.29 is 23.9 Å². The molecule has 1 atom stereocenters. The van der Waals surface area contributed by atoms with Crippen LogP contribution in [0.3, 0.4) is 0 Å². The van der Waals surface area contributed by atoms with E-state index in [9.17, 15) is 19.2 Å². The lowest BCUT2D eigenvalue weighted by Crippen LogP contribution is -2.59. The Morgan fingerprint density at radius 1 is 1.20 bits per heavy atom. The van der Waals surface area contributed by atoms with Gasteiger partial charge in [-0.1, -0.05) is 0 Å². The van der Waals surface area contributed by atoms with E-state index in [4.69, 9.17) is 4.74 Å². The van der Waals surface area contributed by atoms with E-state index < -0.39 is 29.5 Å². The maximum absolute atomic E-state index is 12.1. The molecule has 0 radical (unpaired) electrons. The molecule has 1 aliphatic rings. The van der Waals surface area contributed by atoms with E-state index in [1.807, 2.05) is 5.32 Å². The lowest BCUT2D eigenvalue weighted by molar-refractivity contribution is -0.140. The van der Waals surface area contributed by atoms with E-state index in [0.717, 1.165) is 11.8 Å². The minimum atomic E-state index is -1.49. The Kier molecular flexibility index (Phi) is 3.51. The van der Waals surface area contributed by atoms with Gasteiger partial charge in [-0.15, -0.1) is 0 Å². The predicted molar refractivity (Wildman–Crippen MR) is 68.2 cm³/mol. The Bertz CT molecular complexity index is 593. The summed E-state index contributed by atoms with van der Waals surface area (Å²) in [4.78, 5) is 47.6. The molecular formula is C13H12N2O5. The Balaban J connectivity index is 2.38. The molecule has 1 heterocycles. The summed E-state index contributed by atoms with van der Waals surface area (Å²) in [6.07, 6.45) is 0. The van der Waals surface area contributed by atoms with Crippen LogP contribution in [0.5, 0.6) is 5.75 Å². The SMILES string of the molecule is COc1ccc(N2C(=O)NC(=O)C(C(C)=O)C2=O)cc1. The molecule has 2 rings (SSSR count). The fraction of sp³-hybridized carbons (Fsp3) is 0.231. The molecule has 0 saturated carbocycles. The average molecular weight is 276 g/mol. The van der Waals surface area contributed by atoms with Crippen LogP contribution in [0.15, 0.2) is 24.3 Å². The lowest BCUT2D eigenvalue weighted by Gasteiger charge is -2.28. The van der Waals surface area contributed by atoms with Crippen LogP contribution in [0.25, 0.3) is 0 Å². The molecular weight excluding hydrogens is 264 g/mol. The second-order valence-corrected chi connectivity index (χ2v) is 4.21. The number of Topliss-reactive ketones (excluding diaryl/α,β-unsaturated/α-hetero) is 1. The third kappa shape index (κ3) is 2.25. The zero-order valence-corrected chi connectivity index (χ0v) is 10.9. The van der Waals surface area contributed by atoms with Gasteiger partial charge < -0.3 is 4.74 Å². The quantitative estimate of drug-likeness (QED) is 0.811. The van der Waals surface area contributed by atoms with Crippen molar-refractivity contribution in [3.63, 3.8) is 0 Å². The van der Waals surface area contributed by atoms with Crippen LogP contribution in [0.2, 0.25) is 0 Å². The van der Waals surface area contributed by atoms with Crippen molar-refractivity contribution in [2.75, 3.05) is 12.0 Å². The van der Waals surface area contributed by atoms with Gasteiger partial charge in [0.25, 0.3) is 5.91 Å². The van der Waals surface area contributed by atoms with Crippen LogP contribution < -0.4 is 15.0 Å². The number of hydrogen-bond donors (Lipinski definition) is 1. The van der Waals surface area contributed by atoms with Crippen molar-refractivity contribution in [2.45, 2.75) is 6.92 Å². The number of anilines is 1. The zero-order chi connectivity index (χ0) is 14.9. The fourth-order valence-electron chi connectivity index (χ4n) is 1.91. The molecule has 7 nitrogen and oxygen atoms in total. The summed E-state index contributed by atoms with van der Waals surface area (Å²) in [5.74, 6) is -3.29. The molecule has 1 aliphatic heterocycles. The van der Waals surface area contributed by atoms with Crippen molar-refractivity contribution >= 4 is 29.3 Å². The van der Waals surface area contributed by atoms with Crippen LogP contribution in [-0.4, -0.2) is 30.7 Å². The zero-order valence-electron chi connectivity index (χ0n) is 10.9. The minimum absolute atomic E-state index is 0.257. The van der Waals surface area contributed by atoms with E-state index in [0.29, 0.717) is 5.75 Å². The molecule has 4 amide bonds. The fourth-order valence-corrected chi connectivity index (χ4v) is 1.91. The number of ketones is 1. The van der Waals surface area contributed by atoms with Crippen molar-refractivity contribution in [3.05, 3.63) is 24.3 Å². The molecule has 7 heteroatoms. The number of hydrogen-bond acceptors (Lipinski definition) is 5. The molecule has 1 N–H and O–H groups in total. The van der Waals surface area contributed by atoms with E-state index in [1.165, 1.54) is 19.2 Å². The van der Waals surface area contributed by atoms with E-state index >= 15 is 0 Å². The van der Waals surface area contributed by atoms with Gasteiger partial charge in [-0.3, -0.25) is 19.7 Å². The number of barbiturate groups is 1. The summed E-state index contributed by atoms with van der Waals surface area (Å²) in [5.41, 5.74) is 0.257. The van der Waals surface area contributed by atoms with E-state index in [2.05, 4.69) is 0 Å². The van der Waals surface area contributed by atoms with Crippen LogP contribution in [0.4, 0.5) is 10.5 Å². The van der Waals surface area contributed by atoms with Gasteiger partial charge in [-0.25, -0.2) is 9.69 Å². The lowest BCUT2D eigenvalue weighted by atomic mass is 10.00. The molecule has 20 heavy (non-hydrogen) atoms. The first-order chi connectivity index (χ1) is 9.45. The summed E-state index contributed by atoms with van der Waals surface area (Å²) in [5, 5.41) is 1.99. The molecule has 0 spiro atoms. The minimum Gasteiger partial charge on any atom is -0.497 e. The van der Waals surface area contributed by atoms with E-state index in [1.54, 1.807) is 12.1 Å². The normalized spacial score (nSPS) is 18.8. The van der Waals surface area contributed by atoms with Crippen LogP contribution in [0, 0.1) is 5.92 Å². The second-order valence-electron chi connectivity index (χ2n) is 4.21. The molecule has 0 aliphatic carbocycles. The Labute approximate surface area is 114 Å². The van der Waals surface area contributed by atoms with Gasteiger partial charge in [0.1, 0.15) is 5.75 Å². The summed E-state index contributed by atoms with van der Waals surface area (Å²) in [7, 11) is 1.48. The number of benzene rings is 1. The van der Waals surface area contributed by atoms with Crippen molar-refractivity contribution in [2.24, 2.45) is 5.92 Å². The van der Waals surface area contributed by atoms with Gasteiger partial charge in [0.15, 0.2) is 11.7 Å². The summed E-state index contributed by atoms with van der Waals surface area (Å²) < 4.78 is 4.97. The highest BCUT2D eigenvalue weighted by molar-refractivity contribution is 6.34. The summed E-state index contributed by atoms with van der Waals surface area (Å²) in [6.45, 7) is 1.13. The topological polar surface area (TPSA) is 92.8 Å². The first-order valence-corrected chi connectivity index (χ1v) is 5.79. The molecule has 0 aromatic heterocycles. The summed E-state index contributed by atoms with van der Waals surface area (Å²) in [6, 6.07) is 5.24. The maximum Gasteiger partial charge on any atom is 0.335 e. The van der Waals surface area contributed by atoms with Crippen molar-refractivity contribution in [1.29, 1.82) is 0 Å². The number of urea groups is 1. The number of ether oxygens (including phenoxy) is 1. The van der Waals surface area contributed by atoms with Gasteiger partial charge >= 0.3 is 6.03 Å². The number of rotatable bonds is 3. The van der Waals surface area contributed by atoms with E-state index in [-0.39, 0.29) is 5.69 Å². The van der Waals surface area contributed by atoms with Crippen LogP contribution >= 0.6 is 0 Å². The van der Waals surface area contributed by atoms with Crippen molar-refractivity contribution in [3.8, 4) is 5.75 Å². The Hall–Kier alpha value is -2.70. The Morgan fingerprint density at radius 2 is 1.80 bits per heavy atom. The van der Waals surface area contributed by atoms with Gasteiger partial charge in [0.05, 0.1) is 12.8 Å². The highest BCUT2D eigenvalue weighted by Crippen LogP contribution is 2.23. The molecule has 1 aromatic rings. The number of imide groups is 2. The van der Waals surface area contributed by atoms with Crippen LogP contribution in [-0.2, 0) is 14.4 Å². The molecule has 1 saturated heterocycles. The largest absolute Gasteiger partial charge is 0.497 e. The smallest absolute Gasteiger partial charge is 0.335 e. The molecule has 1 unspecified atom stereocenters. The monoisotopic (exact) mass is 276 g/mol. The summed E-state index contributed by atoms with van der Waals surface area (Å²) >= 11 is 0. The average Bonchev–Trinajstić information content (AvgIpc) is 2.38. The third-order valence-electron chi connectivity index (χ3n) is 2.90. The first-order valence-electron chi connectivity index (χ1n) is 5.79. The number of nitrogens with zero attached hydrogens (tertiary/aromatic N) is 1.